The van der Waals surface area contributed by atoms with E-state index >= 15 is 0 Å². The Balaban J connectivity index is 1.90. The van der Waals surface area contributed by atoms with E-state index in [4.69, 9.17) is 14.2 Å². The SMILES string of the molecule is COC[C@H](Cc1sc2c(N(Cc3cccs3)C(=O)OC(C)(C)C)snc2c1Br)NC(=O)OC(C)(C)C. The number of alkyl carbamates (subject to hydrolysis) is 1. The molecule has 0 fully saturated rings. The summed E-state index contributed by atoms with van der Waals surface area (Å²) in [4.78, 5) is 29.3. The number of nitrogens with zero attached hydrogens (tertiary/aromatic N) is 2. The van der Waals surface area contributed by atoms with Crippen molar-refractivity contribution in [2.75, 3.05) is 18.6 Å². The Kier molecular flexibility index (Phi) is 9.42. The van der Waals surface area contributed by atoms with E-state index in [1.54, 1.807) is 23.3 Å². The van der Waals surface area contributed by atoms with E-state index in [1.165, 1.54) is 22.9 Å². The number of carbonyl (C=O) groups is 2. The summed E-state index contributed by atoms with van der Waals surface area (Å²) < 4.78 is 22.9. The smallest absolute Gasteiger partial charge is 0.415 e. The van der Waals surface area contributed by atoms with Gasteiger partial charge in [0.1, 0.15) is 21.7 Å². The van der Waals surface area contributed by atoms with Gasteiger partial charge in [-0.3, -0.25) is 4.90 Å². The lowest BCUT2D eigenvalue weighted by molar-refractivity contribution is 0.0468. The van der Waals surface area contributed by atoms with Crippen molar-refractivity contribution in [2.45, 2.75) is 71.8 Å². The molecule has 3 aromatic rings. The Morgan fingerprint density at radius 1 is 1.17 bits per heavy atom. The van der Waals surface area contributed by atoms with Gasteiger partial charge in [0.2, 0.25) is 0 Å². The number of nitrogens with one attached hydrogen (secondary N) is 1. The number of anilines is 1. The number of amides is 2. The van der Waals surface area contributed by atoms with Crippen LogP contribution in [-0.4, -0.2) is 47.5 Å². The van der Waals surface area contributed by atoms with Crippen LogP contribution in [0.4, 0.5) is 14.6 Å². The van der Waals surface area contributed by atoms with E-state index in [0.717, 1.165) is 29.4 Å². The van der Waals surface area contributed by atoms with Crippen molar-refractivity contribution in [3.8, 4) is 0 Å². The first-order valence-electron chi connectivity index (χ1n) is 11.4. The average molecular weight is 619 g/mol. The highest BCUT2D eigenvalue weighted by atomic mass is 79.9. The van der Waals surface area contributed by atoms with Crippen LogP contribution in [0.3, 0.4) is 0 Å². The molecule has 1 N–H and O–H groups in total. The number of thiophene rings is 2. The number of aromatic nitrogens is 1. The highest BCUT2D eigenvalue weighted by molar-refractivity contribution is 9.10. The Morgan fingerprint density at radius 2 is 1.86 bits per heavy atom. The summed E-state index contributed by atoms with van der Waals surface area (Å²) in [6.45, 7) is 11.7. The van der Waals surface area contributed by atoms with Crippen LogP contribution >= 0.6 is 50.1 Å². The number of carbonyl (C=O) groups excluding carboxylic acids is 2. The van der Waals surface area contributed by atoms with E-state index in [-0.39, 0.29) is 6.04 Å². The molecule has 0 spiro atoms. The van der Waals surface area contributed by atoms with Gasteiger partial charge in [0.15, 0.2) is 0 Å². The third-order valence-electron chi connectivity index (χ3n) is 4.58. The Labute approximate surface area is 232 Å². The monoisotopic (exact) mass is 617 g/mol. The van der Waals surface area contributed by atoms with Gasteiger partial charge in [-0.05, 0) is 80.5 Å². The molecule has 1 atom stereocenters. The van der Waals surface area contributed by atoms with E-state index < -0.39 is 23.4 Å². The second-order valence-electron chi connectivity index (χ2n) is 10.2. The van der Waals surface area contributed by atoms with Crippen LogP contribution in [0.2, 0.25) is 0 Å². The average Bonchev–Trinajstić information content (AvgIpc) is 3.43. The Bertz CT molecular complexity index is 1180. The summed E-state index contributed by atoms with van der Waals surface area (Å²) >= 11 is 8.08. The number of rotatable bonds is 8. The van der Waals surface area contributed by atoms with Gasteiger partial charge < -0.3 is 19.5 Å². The summed E-state index contributed by atoms with van der Waals surface area (Å²) in [6.07, 6.45) is -0.406. The van der Waals surface area contributed by atoms with Crippen LogP contribution in [0.25, 0.3) is 10.2 Å². The topological polar surface area (TPSA) is 90.0 Å². The first-order valence-corrected chi connectivity index (χ1v) is 14.6. The van der Waals surface area contributed by atoms with Crippen molar-refractivity contribution in [2.24, 2.45) is 0 Å². The molecular formula is C24H32BrN3O5S3. The largest absolute Gasteiger partial charge is 0.444 e. The van der Waals surface area contributed by atoms with Gasteiger partial charge in [0, 0.05) is 23.3 Å². The van der Waals surface area contributed by atoms with Gasteiger partial charge in [0.25, 0.3) is 0 Å². The second kappa shape index (κ2) is 11.8. The fourth-order valence-corrected chi connectivity index (χ4v) is 7.12. The summed E-state index contributed by atoms with van der Waals surface area (Å²) in [5, 5.41) is 5.61. The van der Waals surface area contributed by atoms with Crippen molar-refractivity contribution >= 4 is 77.5 Å². The maximum absolute atomic E-state index is 13.2. The molecule has 0 bridgehead atoms. The van der Waals surface area contributed by atoms with Gasteiger partial charge in [-0.2, -0.15) is 4.37 Å². The first-order chi connectivity index (χ1) is 16.8. The van der Waals surface area contributed by atoms with Gasteiger partial charge in [-0.15, -0.1) is 22.7 Å². The molecule has 3 heterocycles. The third-order valence-corrected chi connectivity index (χ3v) is 8.77. The second-order valence-corrected chi connectivity index (χ2v) is 13.8. The molecule has 3 rings (SSSR count). The van der Waals surface area contributed by atoms with Crippen molar-refractivity contribution in [1.82, 2.24) is 9.69 Å². The van der Waals surface area contributed by atoms with Gasteiger partial charge in [-0.1, -0.05) is 6.07 Å². The van der Waals surface area contributed by atoms with E-state index in [9.17, 15) is 9.59 Å². The maximum atomic E-state index is 13.2. The van der Waals surface area contributed by atoms with Crippen LogP contribution in [0, 0.1) is 0 Å². The molecular weight excluding hydrogens is 586 g/mol. The highest BCUT2D eigenvalue weighted by Crippen LogP contribution is 2.44. The highest BCUT2D eigenvalue weighted by Gasteiger charge is 2.30. The third kappa shape index (κ3) is 7.88. The number of methoxy groups -OCH3 is 1. The predicted molar refractivity (Wildman–Crippen MR) is 151 cm³/mol. The molecule has 0 saturated carbocycles. The minimum absolute atomic E-state index is 0.302. The quantitative estimate of drug-likeness (QED) is 0.287. The standard InChI is InChI=1S/C24H32BrN3O5S3/c1-23(2,3)32-21(29)26-14(13-31-7)11-16-17(25)18-19(35-16)20(36-27-18)28(12-15-9-8-10-34-15)22(30)33-24(4,5)6/h8-10,14H,11-13H2,1-7H3,(H,26,29)/t14-/m0/s1. The molecule has 0 aliphatic heterocycles. The van der Waals surface area contributed by atoms with Crippen molar-refractivity contribution < 1.29 is 23.8 Å². The van der Waals surface area contributed by atoms with E-state index in [1.807, 2.05) is 59.1 Å². The lowest BCUT2D eigenvalue weighted by atomic mass is 10.2. The summed E-state index contributed by atoms with van der Waals surface area (Å²) in [6, 6.07) is 3.65. The molecule has 36 heavy (non-hydrogen) atoms. The zero-order valence-electron chi connectivity index (χ0n) is 21.5. The van der Waals surface area contributed by atoms with Gasteiger partial charge in [-0.25, -0.2) is 9.59 Å². The number of hydrogen-bond acceptors (Lipinski definition) is 9. The molecule has 0 radical (unpaired) electrons. The number of halogens is 1. The van der Waals surface area contributed by atoms with Crippen molar-refractivity contribution in [3.05, 3.63) is 31.7 Å². The minimum atomic E-state index is -0.628. The number of ether oxygens (including phenoxy) is 3. The normalized spacial score (nSPS) is 13.0. The Hall–Kier alpha value is -1.73. The molecule has 0 aliphatic carbocycles. The fraction of sp³-hybridized carbons (Fsp3) is 0.542. The van der Waals surface area contributed by atoms with Crippen LogP contribution in [0.1, 0.15) is 51.3 Å². The molecule has 0 saturated heterocycles. The van der Waals surface area contributed by atoms with Crippen LogP contribution < -0.4 is 10.2 Å². The predicted octanol–water partition coefficient (Wildman–Crippen LogP) is 7.21. The van der Waals surface area contributed by atoms with Crippen LogP contribution in [-0.2, 0) is 27.2 Å². The first kappa shape index (κ1) is 28.8. The summed E-state index contributed by atoms with van der Waals surface area (Å²) in [7, 11) is 1.59. The number of fused-ring (bicyclic) bond motifs is 1. The summed E-state index contributed by atoms with van der Waals surface area (Å²) in [5.41, 5.74) is -0.445. The zero-order chi connectivity index (χ0) is 26.7. The molecule has 0 aromatic carbocycles. The van der Waals surface area contributed by atoms with E-state index in [0.29, 0.717) is 19.6 Å². The van der Waals surface area contributed by atoms with Gasteiger partial charge >= 0.3 is 12.2 Å². The lowest BCUT2D eigenvalue weighted by Gasteiger charge is -2.26. The van der Waals surface area contributed by atoms with Gasteiger partial charge in [0.05, 0.1) is 28.4 Å². The molecule has 8 nitrogen and oxygen atoms in total. The van der Waals surface area contributed by atoms with Crippen molar-refractivity contribution in [1.29, 1.82) is 0 Å². The molecule has 0 unspecified atom stereocenters. The maximum Gasteiger partial charge on any atom is 0.415 e. The van der Waals surface area contributed by atoms with Crippen LogP contribution in [0.5, 0.6) is 0 Å². The fourth-order valence-electron chi connectivity index (χ4n) is 3.25. The Morgan fingerprint density at radius 3 is 2.44 bits per heavy atom. The minimum Gasteiger partial charge on any atom is -0.444 e. The molecule has 2 amide bonds. The summed E-state index contributed by atoms with van der Waals surface area (Å²) in [5.74, 6) is 0. The molecule has 3 aromatic heterocycles. The molecule has 198 valence electrons. The molecule has 12 heteroatoms. The van der Waals surface area contributed by atoms with Crippen LogP contribution in [0.15, 0.2) is 22.0 Å². The number of hydrogen-bond donors (Lipinski definition) is 1. The molecule has 0 aliphatic rings. The van der Waals surface area contributed by atoms with Crippen molar-refractivity contribution in [3.63, 3.8) is 0 Å². The lowest BCUT2D eigenvalue weighted by Crippen LogP contribution is -2.42. The zero-order valence-corrected chi connectivity index (χ0v) is 25.5. The van der Waals surface area contributed by atoms with E-state index in [2.05, 4.69) is 25.6 Å².